The van der Waals surface area contributed by atoms with Crippen molar-refractivity contribution < 1.29 is 9.53 Å². The summed E-state index contributed by atoms with van der Waals surface area (Å²) in [7, 11) is 5.64. The number of likely N-dealkylation sites (N-methyl/N-ethyl adjacent to an activating group) is 1. The Morgan fingerprint density at radius 2 is 1.83 bits per heavy atom. The summed E-state index contributed by atoms with van der Waals surface area (Å²) in [5, 5.41) is 2.97. The minimum Gasteiger partial charge on any atom is -0.497 e. The van der Waals surface area contributed by atoms with Crippen molar-refractivity contribution in [2.24, 2.45) is 0 Å². The fourth-order valence-corrected chi connectivity index (χ4v) is 3.16. The Morgan fingerprint density at radius 1 is 1.12 bits per heavy atom. The number of hydrogen-bond donors (Lipinski definition) is 1. The maximum absolute atomic E-state index is 12.4. The maximum atomic E-state index is 12.4. The highest BCUT2D eigenvalue weighted by molar-refractivity contribution is 7.98. The molecule has 0 fully saturated rings. The molecule has 0 aliphatic heterocycles. The Balaban J connectivity index is 1.98. The van der Waals surface area contributed by atoms with Crippen LogP contribution in [-0.2, 0) is 5.75 Å². The second kappa shape index (κ2) is 9.35. The van der Waals surface area contributed by atoms with Gasteiger partial charge in [-0.25, -0.2) is 0 Å². The number of hydrogen-bond acceptors (Lipinski definition) is 4. The van der Waals surface area contributed by atoms with Crippen LogP contribution in [0.15, 0.2) is 53.4 Å². The van der Waals surface area contributed by atoms with Crippen molar-refractivity contribution in [3.63, 3.8) is 0 Å². The third-order valence-electron chi connectivity index (χ3n) is 3.53. The lowest BCUT2D eigenvalue weighted by Gasteiger charge is -2.12. The zero-order valence-electron chi connectivity index (χ0n) is 14.4. The summed E-state index contributed by atoms with van der Waals surface area (Å²) in [6, 6.07) is 15.7. The number of nitrogens with one attached hydrogen (secondary N) is 1. The van der Waals surface area contributed by atoms with E-state index in [1.807, 2.05) is 67.5 Å². The van der Waals surface area contributed by atoms with E-state index in [1.54, 1.807) is 18.9 Å². The van der Waals surface area contributed by atoms with Crippen molar-refractivity contribution >= 4 is 17.7 Å². The van der Waals surface area contributed by atoms with Crippen LogP contribution in [0.2, 0.25) is 0 Å². The second-order valence-electron chi connectivity index (χ2n) is 5.69. The lowest BCUT2D eigenvalue weighted by atomic mass is 10.2. The molecule has 0 radical (unpaired) electrons. The zero-order chi connectivity index (χ0) is 17.4. The molecule has 2 aromatic carbocycles. The van der Waals surface area contributed by atoms with Crippen molar-refractivity contribution in [1.82, 2.24) is 10.2 Å². The van der Waals surface area contributed by atoms with Crippen LogP contribution in [0.1, 0.15) is 15.9 Å². The van der Waals surface area contributed by atoms with Crippen molar-refractivity contribution in [3.05, 3.63) is 59.7 Å². The Hall–Kier alpha value is -1.98. The summed E-state index contributed by atoms with van der Waals surface area (Å²) in [4.78, 5) is 15.4. The van der Waals surface area contributed by atoms with Gasteiger partial charge in [0.2, 0.25) is 0 Å². The van der Waals surface area contributed by atoms with E-state index in [2.05, 4.69) is 5.32 Å². The first-order chi connectivity index (χ1) is 11.6. The number of thioether (sulfide) groups is 1. The fraction of sp³-hybridized carbons (Fsp3) is 0.316. The van der Waals surface area contributed by atoms with Crippen LogP contribution in [0.3, 0.4) is 0 Å². The molecule has 24 heavy (non-hydrogen) atoms. The largest absolute Gasteiger partial charge is 0.497 e. The molecule has 0 unspecified atom stereocenters. The molecule has 0 aromatic heterocycles. The highest BCUT2D eigenvalue weighted by Gasteiger charge is 2.11. The van der Waals surface area contributed by atoms with Crippen LogP contribution >= 0.6 is 11.8 Å². The van der Waals surface area contributed by atoms with Gasteiger partial charge in [-0.15, -0.1) is 11.8 Å². The third kappa shape index (κ3) is 5.58. The molecule has 2 rings (SSSR count). The summed E-state index contributed by atoms with van der Waals surface area (Å²) in [5.41, 5.74) is 1.93. The number of carbonyl (C=O) groups is 1. The molecule has 1 amide bonds. The molecule has 0 bridgehead atoms. The van der Waals surface area contributed by atoms with E-state index in [0.717, 1.165) is 28.5 Å². The third-order valence-corrected chi connectivity index (χ3v) is 4.67. The quantitative estimate of drug-likeness (QED) is 0.746. The zero-order valence-corrected chi connectivity index (χ0v) is 15.2. The minimum atomic E-state index is -0.0188. The van der Waals surface area contributed by atoms with E-state index in [4.69, 9.17) is 4.74 Å². The highest BCUT2D eigenvalue weighted by atomic mass is 32.2. The minimum absolute atomic E-state index is 0.0188. The summed E-state index contributed by atoms with van der Waals surface area (Å²) in [6.07, 6.45) is 0. The summed E-state index contributed by atoms with van der Waals surface area (Å²) in [5.74, 6) is 1.64. The van der Waals surface area contributed by atoms with E-state index < -0.39 is 0 Å². The number of nitrogens with zero attached hydrogens (tertiary/aromatic N) is 1. The Labute approximate surface area is 148 Å². The molecule has 0 aliphatic rings. The van der Waals surface area contributed by atoms with Gasteiger partial charge in [0, 0.05) is 23.7 Å². The van der Waals surface area contributed by atoms with Crippen molar-refractivity contribution in [2.75, 3.05) is 34.3 Å². The number of benzene rings is 2. The van der Waals surface area contributed by atoms with Crippen LogP contribution in [0.25, 0.3) is 0 Å². The van der Waals surface area contributed by atoms with E-state index in [9.17, 15) is 4.79 Å². The molecule has 0 saturated heterocycles. The molecule has 0 heterocycles. The van der Waals surface area contributed by atoms with Gasteiger partial charge in [0.15, 0.2) is 0 Å². The first-order valence-corrected chi connectivity index (χ1v) is 8.86. The van der Waals surface area contributed by atoms with Crippen molar-refractivity contribution in [3.8, 4) is 5.75 Å². The predicted octanol–water partition coefficient (Wildman–Crippen LogP) is 3.28. The summed E-state index contributed by atoms with van der Waals surface area (Å²) in [6.45, 7) is 1.47. The number of rotatable bonds is 8. The molecule has 1 N–H and O–H groups in total. The van der Waals surface area contributed by atoms with Gasteiger partial charge in [-0.3, -0.25) is 4.79 Å². The second-order valence-corrected chi connectivity index (χ2v) is 6.71. The van der Waals surface area contributed by atoms with E-state index in [1.165, 1.54) is 5.56 Å². The smallest absolute Gasteiger partial charge is 0.252 e. The molecule has 4 nitrogen and oxygen atoms in total. The van der Waals surface area contributed by atoms with Crippen molar-refractivity contribution in [2.45, 2.75) is 10.6 Å². The molecule has 0 atom stereocenters. The first kappa shape index (κ1) is 18.4. The van der Waals surface area contributed by atoms with Gasteiger partial charge in [-0.05, 0) is 43.9 Å². The van der Waals surface area contributed by atoms with E-state index in [0.29, 0.717) is 6.54 Å². The predicted molar refractivity (Wildman–Crippen MR) is 99.9 cm³/mol. The fourth-order valence-electron chi connectivity index (χ4n) is 2.15. The number of amides is 1. The lowest BCUT2D eigenvalue weighted by Crippen LogP contribution is -2.31. The standard InChI is InChI=1S/C19H24N2O2S/c1-21(2)13-12-20-19(22)17-6-4-5-7-18(17)24-14-15-8-10-16(23-3)11-9-15/h4-11H,12-14H2,1-3H3,(H,20,22). The first-order valence-electron chi connectivity index (χ1n) is 7.88. The molecule has 0 aliphatic carbocycles. The molecule has 128 valence electrons. The van der Waals surface area contributed by atoms with Crippen LogP contribution in [0.5, 0.6) is 5.75 Å². The molecular formula is C19H24N2O2S. The average Bonchev–Trinajstić information content (AvgIpc) is 2.60. The van der Waals surface area contributed by atoms with Gasteiger partial charge in [-0.1, -0.05) is 24.3 Å². The summed E-state index contributed by atoms with van der Waals surface area (Å²) >= 11 is 1.67. The molecule has 0 saturated carbocycles. The van der Waals surface area contributed by atoms with Crippen LogP contribution in [0, 0.1) is 0 Å². The molecule has 0 spiro atoms. The van der Waals surface area contributed by atoms with E-state index >= 15 is 0 Å². The van der Waals surface area contributed by atoms with Crippen LogP contribution < -0.4 is 10.1 Å². The maximum Gasteiger partial charge on any atom is 0.252 e. The number of ether oxygens (including phenoxy) is 1. The van der Waals surface area contributed by atoms with Gasteiger partial charge in [0.25, 0.3) is 5.91 Å². The average molecular weight is 344 g/mol. The van der Waals surface area contributed by atoms with Crippen LogP contribution in [-0.4, -0.2) is 45.1 Å². The monoisotopic (exact) mass is 344 g/mol. The topological polar surface area (TPSA) is 41.6 Å². The van der Waals surface area contributed by atoms with Crippen molar-refractivity contribution in [1.29, 1.82) is 0 Å². The lowest BCUT2D eigenvalue weighted by molar-refractivity contribution is 0.0948. The van der Waals surface area contributed by atoms with Gasteiger partial charge in [-0.2, -0.15) is 0 Å². The Bertz CT molecular complexity index is 657. The normalized spacial score (nSPS) is 10.7. The number of carbonyl (C=O) groups excluding carboxylic acids is 1. The Morgan fingerprint density at radius 3 is 2.50 bits per heavy atom. The van der Waals surface area contributed by atoms with Crippen LogP contribution in [0.4, 0.5) is 0 Å². The van der Waals surface area contributed by atoms with Gasteiger partial charge in [0.05, 0.1) is 12.7 Å². The molecular weight excluding hydrogens is 320 g/mol. The van der Waals surface area contributed by atoms with Gasteiger partial charge < -0.3 is 15.0 Å². The van der Waals surface area contributed by atoms with Gasteiger partial charge in [0.1, 0.15) is 5.75 Å². The highest BCUT2D eigenvalue weighted by Crippen LogP contribution is 2.27. The number of methoxy groups -OCH3 is 1. The molecule has 2 aromatic rings. The van der Waals surface area contributed by atoms with Gasteiger partial charge >= 0.3 is 0 Å². The molecule has 5 heteroatoms. The van der Waals surface area contributed by atoms with E-state index in [-0.39, 0.29) is 5.91 Å². The SMILES string of the molecule is COc1ccc(CSc2ccccc2C(=O)NCCN(C)C)cc1. The summed E-state index contributed by atoms with van der Waals surface area (Å²) < 4.78 is 5.17. The Kier molecular flexibility index (Phi) is 7.15.